The van der Waals surface area contributed by atoms with E-state index >= 15 is 0 Å². The number of carboxylic acids is 1. The van der Waals surface area contributed by atoms with Gasteiger partial charge in [-0.2, -0.15) is 0 Å². The molecular formula is C16H25N7O7. The third kappa shape index (κ3) is 8.24. The predicted octanol–water partition coefficient (Wildman–Crippen LogP) is -4.29. The molecule has 166 valence electrons. The molecule has 0 bridgehead atoms. The molecule has 4 unspecified atom stereocenters. The maximum absolute atomic E-state index is 12.6. The van der Waals surface area contributed by atoms with Crippen LogP contribution >= 0.6 is 0 Å². The number of aromatic amines is 1. The van der Waals surface area contributed by atoms with Gasteiger partial charge in [0.25, 0.3) is 0 Å². The summed E-state index contributed by atoms with van der Waals surface area (Å²) in [6, 6.07) is -4.08. The maximum atomic E-state index is 12.6. The SMILES string of the molecule is CC(O)C(NC(=O)C(N)CC(N)=O)C(=O)NC(Cc1cnc[nH]1)C(=O)NCC(=O)O. The summed E-state index contributed by atoms with van der Waals surface area (Å²) in [5.74, 6) is -4.76. The fourth-order valence-corrected chi connectivity index (χ4v) is 2.35. The molecule has 0 aliphatic heterocycles. The van der Waals surface area contributed by atoms with Gasteiger partial charge in [0, 0.05) is 18.3 Å². The number of nitrogens with zero attached hydrogens (tertiary/aromatic N) is 1. The zero-order valence-electron chi connectivity index (χ0n) is 16.1. The number of H-pyrrole nitrogens is 1. The zero-order valence-corrected chi connectivity index (χ0v) is 16.1. The first-order valence-electron chi connectivity index (χ1n) is 8.80. The molecule has 0 aliphatic carbocycles. The number of amides is 4. The van der Waals surface area contributed by atoms with E-state index in [0.29, 0.717) is 5.69 Å². The highest BCUT2D eigenvalue weighted by Gasteiger charge is 2.31. The van der Waals surface area contributed by atoms with Crippen molar-refractivity contribution in [1.29, 1.82) is 0 Å². The van der Waals surface area contributed by atoms with Crippen LogP contribution in [0.2, 0.25) is 0 Å². The number of carbonyl (C=O) groups is 5. The van der Waals surface area contributed by atoms with Crippen molar-refractivity contribution in [2.45, 2.75) is 44.0 Å². The first-order chi connectivity index (χ1) is 14.0. The topological polar surface area (TPSA) is 243 Å². The molecule has 0 fully saturated rings. The molecule has 14 nitrogen and oxygen atoms in total. The second-order valence-corrected chi connectivity index (χ2v) is 6.46. The van der Waals surface area contributed by atoms with Crippen LogP contribution in [0.3, 0.4) is 0 Å². The van der Waals surface area contributed by atoms with Crippen molar-refractivity contribution >= 4 is 29.6 Å². The summed E-state index contributed by atoms with van der Waals surface area (Å²) in [5, 5.41) is 25.3. The van der Waals surface area contributed by atoms with E-state index in [9.17, 15) is 29.1 Å². The number of imidazole rings is 1. The van der Waals surface area contributed by atoms with Gasteiger partial charge in [0.15, 0.2) is 0 Å². The summed E-state index contributed by atoms with van der Waals surface area (Å²) in [5.41, 5.74) is 11.0. The Hall–Kier alpha value is -3.52. The van der Waals surface area contributed by atoms with Crippen LogP contribution in [0.25, 0.3) is 0 Å². The van der Waals surface area contributed by atoms with Gasteiger partial charge in [-0.25, -0.2) is 4.98 Å². The molecule has 1 rings (SSSR count). The number of hydrogen-bond donors (Lipinski definition) is 8. The highest BCUT2D eigenvalue weighted by atomic mass is 16.4. The minimum Gasteiger partial charge on any atom is -0.480 e. The summed E-state index contributed by atoms with van der Waals surface area (Å²) in [7, 11) is 0. The van der Waals surface area contributed by atoms with Crippen molar-refractivity contribution in [2.75, 3.05) is 6.54 Å². The lowest BCUT2D eigenvalue weighted by molar-refractivity contribution is -0.138. The number of aromatic nitrogens is 2. The number of aliphatic hydroxyl groups excluding tert-OH is 1. The molecule has 4 amide bonds. The lowest BCUT2D eigenvalue weighted by atomic mass is 10.1. The Bertz CT molecular complexity index is 766. The van der Waals surface area contributed by atoms with E-state index in [-0.39, 0.29) is 6.42 Å². The Labute approximate surface area is 170 Å². The molecular weight excluding hydrogens is 402 g/mol. The Morgan fingerprint density at radius 1 is 1.17 bits per heavy atom. The molecule has 4 atom stereocenters. The predicted molar refractivity (Wildman–Crippen MR) is 100 cm³/mol. The summed E-state index contributed by atoms with van der Waals surface area (Å²) in [4.78, 5) is 65.1. The van der Waals surface area contributed by atoms with E-state index in [4.69, 9.17) is 16.6 Å². The molecule has 1 aromatic rings. The van der Waals surface area contributed by atoms with Crippen molar-refractivity contribution in [3.05, 3.63) is 18.2 Å². The van der Waals surface area contributed by atoms with Gasteiger partial charge in [0.05, 0.1) is 24.9 Å². The minimum atomic E-state index is -1.51. The summed E-state index contributed by atoms with van der Waals surface area (Å²) in [6.07, 6.45) is 0.825. The third-order valence-corrected chi connectivity index (χ3v) is 3.85. The molecule has 0 saturated heterocycles. The van der Waals surface area contributed by atoms with Crippen LogP contribution < -0.4 is 27.4 Å². The fourth-order valence-electron chi connectivity index (χ4n) is 2.35. The van der Waals surface area contributed by atoms with Crippen molar-refractivity contribution in [3.8, 4) is 0 Å². The molecule has 0 saturated carbocycles. The van der Waals surface area contributed by atoms with Gasteiger partial charge in [-0.3, -0.25) is 24.0 Å². The van der Waals surface area contributed by atoms with Gasteiger partial charge in [0.1, 0.15) is 18.6 Å². The largest absolute Gasteiger partial charge is 0.480 e. The number of nitrogens with two attached hydrogens (primary N) is 2. The Kier molecular flexibility index (Phi) is 9.38. The van der Waals surface area contributed by atoms with E-state index in [2.05, 4.69) is 25.9 Å². The monoisotopic (exact) mass is 427 g/mol. The molecule has 10 N–H and O–H groups in total. The lowest BCUT2D eigenvalue weighted by Crippen LogP contribution is -2.59. The zero-order chi connectivity index (χ0) is 22.8. The molecule has 0 aliphatic rings. The van der Waals surface area contributed by atoms with Crippen molar-refractivity contribution < 1.29 is 34.2 Å². The average molecular weight is 427 g/mol. The molecule has 0 aromatic carbocycles. The standard InChI is InChI=1S/C16H25N7O7/c1-7(24)13(23-14(28)9(17)3-11(18)25)16(30)22-10(2-8-4-19-6-21-8)15(29)20-5-12(26)27/h4,6-7,9-10,13,24H,2-3,5,17H2,1H3,(H2,18,25)(H,19,21)(H,20,29)(H,22,30)(H,23,28)(H,26,27). The first-order valence-corrected chi connectivity index (χ1v) is 8.80. The smallest absolute Gasteiger partial charge is 0.322 e. The number of carbonyl (C=O) groups excluding carboxylic acids is 4. The Morgan fingerprint density at radius 3 is 2.33 bits per heavy atom. The molecule has 30 heavy (non-hydrogen) atoms. The second-order valence-electron chi connectivity index (χ2n) is 6.46. The second kappa shape index (κ2) is 11.5. The first kappa shape index (κ1) is 24.5. The number of carboxylic acid groups (broad SMARTS) is 1. The molecule has 1 heterocycles. The molecule has 14 heteroatoms. The van der Waals surface area contributed by atoms with Gasteiger partial charge in [-0.15, -0.1) is 0 Å². The number of primary amides is 1. The Balaban J connectivity index is 2.90. The normalized spacial score (nSPS) is 14.6. The maximum Gasteiger partial charge on any atom is 0.322 e. The highest BCUT2D eigenvalue weighted by molar-refractivity contribution is 5.95. The van der Waals surface area contributed by atoms with Crippen LogP contribution in [0.4, 0.5) is 0 Å². The van der Waals surface area contributed by atoms with Gasteiger partial charge < -0.3 is 42.6 Å². The van der Waals surface area contributed by atoms with Gasteiger partial charge in [-0.05, 0) is 6.92 Å². The van der Waals surface area contributed by atoms with Crippen LogP contribution in [0.1, 0.15) is 19.0 Å². The van der Waals surface area contributed by atoms with Gasteiger partial charge in [-0.1, -0.05) is 0 Å². The number of nitrogens with one attached hydrogen (secondary N) is 4. The Morgan fingerprint density at radius 2 is 1.83 bits per heavy atom. The fraction of sp³-hybridized carbons (Fsp3) is 0.500. The van der Waals surface area contributed by atoms with Crippen molar-refractivity contribution in [1.82, 2.24) is 25.9 Å². The van der Waals surface area contributed by atoms with Crippen molar-refractivity contribution in [3.63, 3.8) is 0 Å². The quantitative estimate of drug-likeness (QED) is 0.161. The molecule has 0 spiro atoms. The summed E-state index contributed by atoms with van der Waals surface area (Å²) < 4.78 is 0. The van der Waals surface area contributed by atoms with E-state index in [1.165, 1.54) is 19.4 Å². The van der Waals surface area contributed by atoms with Crippen LogP contribution in [-0.4, -0.2) is 80.6 Å². The summed E-state index contributed by atoms with van der Waals surface area (Å²) in [6.45, 7) is 0.547. The number of aliphatic carboxylic acids is 1. The van der Waals surface area contributed by atoms with E-state index in [1.807, 2.05) is 0 Å². The molecule has 0 radical (unpaired) electrons. The van der Waals surface area contributed by atoms with Gasteiger partial charge in [0.2, 0.25) is 23.6 Å². The van der Waals surface area contributed by atoms with E-state index in [1.54, 1.807) is 0 Å². The minimum absolute atomic E-state index is 0.0706. The van der Waals surface area contributed by atoms with E-state index < -0.39 is 66.8 Å². The van der Waals surface area contributed by atoms with Gasteiger partial charge >= 0.3 is 5.97 Å². The van der Waals surface area contributed by atoms with Crippen molar-refractivity contribution in [2.24, 2.45) is 11.5 Å². The molecule has 1 aromatic heterocycles. The highest BCUT2D eigenvalue weighted by Crippen LogP contribution is 2.02. The summed E-state index contributed by atoms with van der Waals surface area (Å²) >= 11 is 0. The van der Waals surface area contributed by atoms with Crippen LogP contribution in [0.15, 0.2) is 12.5 Å². The van der Waals surface area contributed by atoms with Crippen LogP contribution in [0.5, 0.6) is 0 Å². The number of aliphatic hydroxyl groups is 1. The number of hydrogen-bond acceptors (Lipinski definition) is 8. The third-order valence-electron chi connectivity index (χ3n) is 3.85. The number of rotatable bonds is 12. The van der Waals surface area contributed by atoms with Crippen LogP contribution in [0, 0.1) is 0 Å². The lowest BCUT2D eigenvalue weighted by Gasteiger charge is -2.25. The van der Waals surface area contributed by atoms with E-state index in [0.717, 1.165) is 0 Å². The average Bonchev–Trinajstić information content (AvgIpc) is 3.15. The van der Waals surface area contributed by atoms with Crippen LogP contribution in [-0.2, 0) is 30.4 Å².